The van der Waals surface area contributed by atoms with Crippen molar-refractivity contribution in [1.82, 2.24) is 4.98 Å². The fourth-order valence-corrected chi connectivity index (χ4v) is 2.21. The summed E-state index contributed by atoms with van der Waals surface area (Å²) in [4.78, 5) is 4.32. The number of benzene rings is 1. The van der Waals surface area contributed by atoms with Gasteiger partial charge in [0.25, 0.3) is 0 Å². The van der Waals surface area contributed by atoms with Gasteiger partial charge in [-0.05, 0) is 37.1 Å². The Labute approximate surface area is 122 Å². The Bertz CT molecular complexity index is 594. The van der Waals surface area contributed by atoms with E-state index in [0.29, 0.717) is 15.8 Å². The molecule has 5 heteroatoms. The van der Waals surface area contributed by atoms with Crippen molar-refractivity contribution in [3.63, 3.8) is 0 Å². The molecule has 0 aliphatic carbocycles. The molecule has 0 unspecified atom stereocenters. The first-order valence-corrected chi connectivity index (χ1v) is 6.53. The van der Waals surface area contributed by atoms with Gasteiger partial charge >= 0.3 is 0 Å². The van der Waals surface area contributed by atoms with Crippen molar-refractivity contribution >= 4 is 28.9 Å². The van der Waals surface area contributed by atoms with Crippen molar-refractivity contribution in [2.45, 2.75) is 20.5 Å². The summed E-state index contributed by atoms with van der Waals surface area (Å²) in [5.74, 6) is 0.464. The number of aryl methyl sites for hydroxylation is 1. The fraction of sp³-hybridized carbons (Fsp3) is 0.214. The van der Waals surface area contributed by atoms with Crippen LogP contribution in [-0.4, -0.2) is 4.98 Å². The van der Waals surface area contributed by atoms with E-state index in [0.717, 1.165) is 22.5 Å². The van der Waals surface area contributed by atoms with E-state index in [2.05, 4.69) is 4.98 Å². The van der Waals surface area contributed by atoms with Gasteiger partial charge in [0.2, 0.25) is 0 Å². The average molecular weight is 297 g/mol. The number of hydrogen-bond donors (Lipinski definition) is 1. The summed E-state index contributed by atoms with van der Waals surface area (Å²) in [5.41, 5.74) is 9.35. The predicted octanol–water partition coefficient (Wildman–Crippen LogP) is 4.17. The standard InChI is InChI=1S/C14H14Cl2N2O/c1-8-6-18-12(9(2)13(8)17)7-19-14-10(15)4-3-5-11(14)16/h3-6H,7H2,1-2H3,(H2,17,18). The third-order valence-corrected chi connectivity index (χ3v) is 3.54. The predicted molar refractivity (Wildman–Crippen MR) is 78.9 cm³/mol. The highest BCUT2D eigenvalue weighted by Crippen LogP contribution is 2.33. The summed E-state index contributed by atoms with van der Waals surface area (Å²) in [6, 6.07) is 5.23. The van der Waals surface area contributed by atoms with Crippen LogP contribution in [0.4, 0.5) is 5.69 Å². The highest BCUT2D eigenvalue weighted by Gasteiger charge is 2.10. The van der Waals surface area contributed by atoms with Crippen LogP contribution < -0.4 is 10.5 Å². The molecule has 2 N–H and O–H groups in total. The second-order valence-corrected chi connectivity index (χ2v) is 5.08. The van der Waals surface area contributed by atoms with Gasteiger partial charge in [-0.1, -0.05) is 29.3 Å². The number of ether oxygens (including phenoxy) is 1. The first kappa shape index (κ1) is 14.0. The molecule has 100 valence electrons. The van der Waals surface area contributed by atoms with Gasteiger partial charge < -0.3 is 10.5 Å². The fourth-order valence-electron chi connectivity index (χ4n) is 1.70. The number of pyridine rings is 1. The molecule has 3 nitrogen and oxygen atoms in total. The van der Waals surface area contributed by atoms with Crippen molar-refractivity contribution in [1.29, 1.82) is 0 Å². The first-order chi connectivity index (χ1) is 9.00. The average Bonchev–Trinajstić information content (AvgIpc) is 2.38. The summed E-state index contributed by atoms with van der Waals surface area (Å²) in [5, 5.41) is 0.954. The Morgan fingerprint density at radius 3 is 2.47 bits per heavy atom. The monoisotopic (exact) mass is 296 g/mol. The molecule has 0 aliphatic rings. The number of aromatic nitrogens is 1. The molecule has 0 radical (unpaired) electrons. The van der Waals surface area contributed by atoms with Crippen LogP contribution in [-0.2, 0) is 6.61 Å². The zero-order chi connectivity index (χ0) is 14.0. The quantitative estimate of drug-likeness (QED) is 0.925. The molecule has 0 saturated carbocycles. The number of rotatable bonds is 3. The van der Waals surface area contributed by atoms with E-state index >= 15 is 0 Å². The highest BCUT2D eigenvalue weighted by molar-refractivity contribution is 6.37. The van der Waals surface area contributed by atoms with Crippen LogP contribution >= 0.6 is 23.2 Å². The third kappa shape index (κ3) is 2.94. The Kier molecular flexibility index (Phi) is 4.17. The van der Waals surface area contributed by atoms with Crippen LogP contribution in [0.15, 0.2) is 24.4 Å². The molecule has 0 saturated heterocycles. The zero-order valence-electron chi connectivity index (χ0n) is 10.7. The molecular formula is C14H14Cl2N2O. The van der Waals surface area contributed by atoms with E-state index in [1.807, 2.05) is 13.8 Å². The number of nitrogens with zero attached hydrogens (tertiary/aromatic N) is 1. The van der Waals surface area contributed by atoms with Gasteiger partial charge in [-0.25, -0.2) is 0 Å². The molecule has 0 bridgehead atoms. The number of para-hydroxylation sites is 1. The van der Waals surface area contributed by atoms with Crippen molar-refractivity contribution in [2.75, 3.05) is 5.73 Å². The molecule has 1 aromatic carbocycles. The molecule has 19 heavy (non-hydrogen) atoms. The molecule has 2 aromatic rings. The topological polar surface area (TPSA) is 48.1 Å². The van der Waals surface area contributed by atoms with E-state index in [1.165, 1.54) is 0 Å². The molecule has 0 amide bonds. The summed E-state index contributed by atoms with van der Waals surface area (Å²) in [7, 11) is 0. The van der Waals surface area contributed by atoms with E-state index < -0.39 is 0 Å². The summed E-state index contributed by atoms with van der Waals surface area (Å²) in [6.07, 6.45) is 1.73. The molecular weight excluding hydrogens is 283 g/mol. The van der Waals surface area contributed by atoms with Gasteiger partial charge in [0.1, 0.15) is 6.61 Å². The lowest BCUT2D eigenvalue weighted by Crippen LogP contribution is -2.05. The number of anilines is 1. The Morgan fingerprint density at radius 1 is 1.21 bits per heavy atom. The number of halogens is 2. The first-order valence-electron chi connectivity index (χ1n) is 5.78. The Hall–Kier alpha value is -1.45. The molecule has 0 fully saturated rings. The molecule has 2 rings (SSSR count). The van der Waals surface area contributed by atoms with Gasteiger partial charge in [0, 0.05) is 11.9 Å². The normalized spacial score (nSPS) is 10.5. The number of hydrogen-bond acceptors (Lipinski definition) is 3. The molecule has 0 aliphatic heterocycles. The second kappa shape index (κ2) is 5.68. The highest BCUT2D eigenvalue weighted by atomic mass is 35.5. The molecule has 1 heterocycles. The minimum absolute atomic E-state index is 0.278. The molecule has 0 atom stereocenters. The van der Waals surface area contributed by atoms with Crippen molar-refractivity contribution in [2.24, 2.45) is 0 Å². The summed E-state index contributed by atoms with van der Waals surface area (Å²) in [6.45, 7) is 4.12. The van der Waals surface area contributed by atoms with Crippen LogP contribution in [0, 0.1) is 13.8 Å². The minimum atomic E-state index is 0.278. The Balaban J connectivity index is 2.22. The third-order valence-electron chi connectivity index (χ3n) is 2.95. The minimum Gasteiger partial charge on any atom is -0.484 e. The van der Waals surface area contributed by atoms with Crippen LogP contribution in [0.5, 0.6) is 5.75 Å². The lowest BCUT2D eigenvalue weighted by molar-refractivity contribution is 0.301. The maximum Gasteiger partial charge on any atom is 0.157 e. The summed E-state index contributed by atoms with van der Waals surface area (Å²) < 4.78 is 5.65. The van der Waals surface area contributed by atoms with Crippen LogP contribution in [0.25, 0.3) is 0 Å². The second-order valence-electron chi connectivity index (χ2n) is 4.27. The molecule has 1 aromatic heterocycles. The maximum atomic E-state index is 6.04. The van der Waals surface area contributed by atoms with Crippen molar-refractivity contribution < 1.29 is 4.74 Å². The van der Waals surface area contributed by atoms with Crippen LogP contribution in [0.1, 0.15) is 16.8 Å². The SMILES string of the molecule is Cc1cnc(COc2c(Cl)cccc2Cl)c(C)c1N. The van der Waals surface area contributed by atoms with E-state index in [4.69, 9.17) is 33.7 Å². The Morgan fingerprint density at radius 2 is 1.84 bits per heavy atom. The van der Waals surface area contributed by atoms with Gasteiger partial charge in [-0.15, -0.1) is 0 Å². The van der Waals surface area contributed by atoms with Gasteiger partial charge in [0.05, 0.1) is 15.7 Å². The number of nitrogens with two attached hydrogens (primary N) is 1. The van der Waals surface area contributed by atoms with E-state index in [1.54, 1.807) is 24.4 Å². The van der Waals surface area contributed by atoms with Gasteiger partial charge in [-0.2, -0.15) is 0 Å². The van der Waals surface area contributed by atoms with Gasteiger partial charge in [0.15, 0.2) is 5.75 Å². The number of nitrogen functional groups attached to an aromatic ring is 1. The van der Waals surface area contributed by atoms with Crippen LogP contribution in [0.2, 0.25) is 10.0 Å². The van der Waals surface area contributed by atoms with Crippen molar-refractivity contribution in [3.8, 4) is 5.75 Å². The van der Waals surface area contributed by atoms with Crippen molar-refractivity contribution in [3.05, 3.63) is 51.3 Å². The van der Waals surface area contributed by atoms with Gasteiger partial charge in [-0.3, -0.25) is 4.98 Å². The smallest absolute Gasteiger partial charge is 0.157 e. The van der Waals surface area contributed by atoms with E-state index in [-0.39, 0.29) is 6.61 Å². The van der Waals surface area contributed by atoms with E-state index in [9.17, 15) is 0 Å². The summed E-state index contributed by atoms with van der Waals surface area (Å²) >= 11 is 12.1. The largest absolute Gasteiger partial charge is 0.484 e. The molecule has 0 spiro atoms. The van der Waals surface area contributed by atoms with Crippen LogP contribution in [0.3, 0.4) is 0 Å². The lowest BCUT2D eigenvalue weighted by atomic mass is 10.1. The lowest BCUT2D eigenvalue weighted by Gasteiger charge is -2.12. The zero-order valence-corrected chi connectivity index (χ0v) is 12.2. The maximum absolute atomic E-state index is 6.04.